The van der Waals surface area contributed by atoms with Crippen LogP contribution < -0.4 is 9.47 Å². The maximum atomic E-state index is 12.7. The van der Waals surface area contributed by atoms with Gasteiger partial charge in [0.05, 0.1) is 18.7 Å². The highest BCUT2D eigenvalue weighted by atomic mass is 16.5. The van der Waals surface area contributed by atoms with Crippen molar-refractivity contribution in [3.05, 3.63) is 59.7 Å². The molecule has 5 nitrogen and oxygen atoms in total. The Morgan fingerprint density at radius 1 is 1.07 bits per heavy atom. The zero-order chi connectivity index (χ0) is 19.1. The van der Waals surface area contributed by atoms with Gasteiger partial charge in [-0.05, 0) is 74.5 Å². The van der Waals surface area contributed by atoms with Crippen LogP contribution in [0, 0.1) is 17.2 Å². The standard InChI is InChI=1S/C22H24N2O3/c1-26-20-8-4-18(5-9-20)22(25)19-10-12-24(13-11-19)14-15-27-21-6-2-17(16-23)3-7-21/h2-9,19H,10-15H2,1H3. The molecule has 140 valence electrons. The summed E-state index contributed by atoms with van der Waals surface area (Å²) in [4.78, 5) is 15.0. The second-order valence-electron chi connectivity index (χ2n) is 6.69. The zero-order valence-corrected chi connectivity index (χ0v) is 15.6. The predicted octanol–water partition coefficient (Wildman–Crippen LogP) is 3.54. The van der Waals surface area contributed by atoms with E-state index in [2.05, 4.69) is 11.0 Å². The average molecular weight is 364 g/mol. The molecule has 0 aromatic heterocycles. The molecule has 0 saturated carbocycles. The molecule has 2 aromatic rings. The number of methoxy groups -OCH3 is 1. The first kappa shape index (κ1) is 18.9. The molecule has 0 atom stereocenters. The van der Waals surface area contributed by atoms with Gasteiger partial charge in [0.25, 0.3) is 0 Å². The van der Waals surface area contributed by atoms with E-state index in [1.54, 1.807) is 19.2 Å². The van der Waals surface area contributed by atoms with Gasteiger partial charge in [-0.1, -0.05) is 0 Å². The summed E-state index contributed by atoms with van der Waals surface area (Å²) in [5.41, 5.74) is 1.39. The van der Waals surface area contributed by atoms with E-state index in [-0.39, 0.29) is 11.7 Å². The number of carbonyl (C=O) groups is 1. The summed E-state index contributed by atoms with van der Waals surface area (Å²) in [6.45, 7) is 3.25. The number of rotatable bonds is 7. The number of nitriles is 1. The quantitative estimate of drug-likeness (QED) is 0.703. The minimum Gasteiger partial charge on any atom is -0.497 e. The molecule has 1 aliphatic heterocycles. The third kappa shape index (κ3) is 5.08. The van der Waals surface area contributed by atoms with Gasteiger partial charge in [-0.3, -0.25) is 9.69 Å². The summed E-state index contributed by atoms with van der Waals surface area (Å²) in [6, 6.07) is 16.6. The monoisotopic (exact) mass is 364 g/mol. The first-order valence-electron chi connectivity index (χ1n) is 9.23. The van der Waals surface area contributed by atoms with E-state index in [9.17, 15) is 4.79 Å². The number of benzene rings is 2. The third-order valence-electron chi connectivity index (χ3n) is 4.99. The van der Waals surface area contributed by atoms with Crippen molar-refractivity contribution in [1.29, 1.82) is 5.26 Å². The molecule has 0 amide bonds. The molecule has 0 radical (unpaired) electrons. The molecule has 1 aliphatic rings. The number of ketones is 1. The van der Waals surface area contributed by atoms with Gasteiger partial charge in [0.15, 0.2) is 5.78 Å². The number of hydrogen-bond donors (Lipinski definition) is 0. The molecule has 27 heavy (non-hydrogen) atoms. The van der Waals surface area contributed by atoms with Crippen LogP contribution in [0.25, 0.3) is 0 Å². The SMILES string of the molecule is COc1ccc(C(=O)C2CCN(CCOc3ccc(C#N)cc3)CC2)cc1. The molecular formula is C22H24N2O3. The first-order chi connectivity index (χ1) is 13.2. The molecular weight excluding hydrogens is 340 g/mol. The van der Waals surface area contributed by atoms with Gasteiger partial charge in [-0.25, -0.2) is 0 Å². The summed E-state index contributed by atoms with van der Waals surface area (Å²) >= 11 is 0. The first-order valence-corrected chi connectivity index (χ1v) is 9.23. The van der Waals surface area contributed by atoms with E-state index in [0.717, 1.165) is 49.5 Å². The maximum absolute atomic E-state index is 12.7. The number of piperidine rings is 1. The summed E-state index contributed by atoms with van der Waals surface area (Å²) in [5.74, 6) is 1.86. The molecule has 1 fully saturated rings. The highest BCUT2D eigenvalue weighted by molar-refractivity contribution is 5.98. The Labute approximate surface area is 160 Å². The fourth-order valence-electron chi connectivity index (χ4n) is 3.33. The van der Waals surface area contributed by atoms with Crippen LogP contribution in [0.3, 0.4) is 0 Å². The van der Waals surface area contributed by atoms with Gasteiger partial charge in [0.1, 0.15) is 18.1 Å². The van der Waals surface area contributed by atoms with Crippen LogP contribution in [0.5, 0.6) is 11.5 Å². The minimum atomic E-state index is 0.0917. The van der Waals surface area contributed by atoms with Crippen molar-refractivity contribution in [2.45, 2.75) is 12.8 Å². The summed E-state index contributed by atoms with van der Waals surface area (Å²) in [7, 11) is 1.62. The lowest BCUT2D eigenvalue weighted by Crippen LogP contribution is -2.38. The van der Waals surface area contributed by atoms with E-state index in [1.165, 1.54) is 0 Å². The molecule has 0 aliphatic carbocycles. The molecule has 1 saturated heterocycles. The molecule has 1 heterocycles. The van der Waals surface area contributed by atoms with E-state index in [1.807, 2.05) is 36.4 Å². The second kappa shape index (κ2) is 9.20. The Kier molecular flexibility index (Phi) is 6.45. The molecule has 0 unspecified atom stereocenters. The Morgan fingerprint density at radius 2 is 1.70 bits per heavy atom. The smallest absolute Gasteiger partial charge is 0.166 e. The van der Waals surface area contributed by atoms with Gasteiger partial charge in [-0.15, -0.1) is 0 Å². The number of Topliss-reactive ketones (excluding diaryl/α,β-unsaturated/α-hetero) is 1. The van der Waals surface area contributed by atoms with Crippen LogP contribution in [0.2, 0.25) is 0 Å². The molecule has 3 rings (SSSR count). The van der Waals surface area contributed by atoms with Crippen LogP contribution in [-0.4, -0.2) is 44.0 Å². The normalized spacial score (nSPS) is 15.1. The summed E-state index contributed by atoms with van der Waals surface area (Å²) in [6.07, 6.45) is 1.75. The van der Waals surface area contributed by atoms with E-state index < -0.39 is 0 Å². The third-order valence-corrected chi connectivity index (χ3v) is 4.99. The Bertz CT molecular complexity index is 786. The maximum Gasteiger partial charge on any atom is 0.166 e. The van der Waals surface area contributed by atoms with Crippen LogP contribution in [0.15, 0.2) is 48.5 Å². The Morgan fingerprint density at radius 3 is 2.30 bits per heavy atom. The number of likely N-dealkylation sites (tertiary alicyclic amines) is 1. The average Bonchev–Trinajstić information content (AvgIpc) is 2.74. The molecule has 2 aromatic carbocycles. The number of ether oxygens (including phenoxy) is 2. The van der Waals surface area contributed by atoms with E-state index in [0.29, 0.717) is 12.2 Å². The van der Waals surface area contributed by atoms with Crippen molar-refractivity contribution in [1.82, 2.24) is 4.90 Å². The van der Waals surface area contributed by atoms with E-state index >= 15 is 0 Å². The number of carbonyl (C=O) groups excluding carboxylic acids is 1. The van der Waals surface area contributed by atoms with Gasteiger partial charge >= 0.3 is 0 Å². The summed E-state index contributed by atoms with van der Waals surface area (Å²) in [5, 5.41) is 8.80. The number of hydrogen-bond acceptors (Lipinski definition) is 5. The second-order valence-corrected chi connectivity index (χ2v) is 6.69. The molecule has 0 bridgehead atoms. The fourth-order valence-corrected chi connectivity index (χ4v) is 3.33. The lowest BCUT2D eigenvalue weighted by molar-refractivity contribution is 0.0827. The lowest BCUT2D eigenvalue weighted by Gasteiger charge is -2.31. The van der Waals surface area contributed by atoms with Crippen LogP contribution >= 0.6 is 0 Å². The van der Waals surface area contributed by atoms with Crippen LogP contribution in [0.1, 0.15) is 28.8 Å². The Hall–Kier alpha value is -2.84. The van der Waals surface area contributed by atoms with E-state index in [4.69, 9.17) is 14.7 Å². The zero-order valence-electron chi connectivity index (χ0n) is 15.6. The Balaban J connectivity index is 1.41. The molecule has 5 heteroatoms. The molecule has 0 N–H and O–H groups in total. The van der Waals surface area contributed by atoms with Crippen molar-refractivity contribution in [2.24, 2.45) is 5.92 Å². The van der Waals surface area contributed by atoms with Crippen molar-refractivity contribution < 1.29 is 14.3 Å². The predicted molar refractivity (Wildman–Crippen MR) is 103 cm³/mol. The van der Waals surface area contributed by atoms with Gasteiger partial charge in [0, 0.05) is 18.0 Å². The summed E-state index contributed by atoms with van der Waals surface area (Å²) < 4.78 is 10.9. The minimum absolute atomic E-state index is 0.0917. The fraction of sp³-hybridized carbons (Fsp3) is 0.364. The lowest BCUT2D eigenvalue weighted by atomic mass is 9.89. The number of nitrogens with zero attached hydrogens (tertiary/aromatic N) is 2. The van der Waals surface area contributed by atoms with Gasteiger partial charge in [-0.2, -0.15) is 5.26 Å². The van der Waals surface area contributed by atoms with Crippen molar-refractivity contribution in [2.75, 3.05) is 33.4 Å². The van der Waals surface area contributed by atoms with Crippen molar-refractivity contribution in [3.63, 3.8) is 0 Å². The van der Waals surface area contributed by atoms with Crippen LogP contribution in [0.4, 0.5) is 0 Å². The van der Waals surface area contributed by atoms with Gasteiger partial charge < -0.3 is 9.47 Å². The highest BCUT2D eigenvalue weighted by Gasteiger charge is 2.25. The molecule has 0 spiro atoms. The van der Waals surface area contributed by atoms with Crippen LogP contribution in [-0.2, 0) is 0 Å². The topological polar surface area (TPSA) is 62.6 Å². The largest absolute Gasteiger partial charge is 0.497 e. The van der Waals surface area contributed by atoms with Crippen molar-refractivity contribution in [3.8, 4) is 17.6 Å². The highest BCUT2D eigenvalue weighted by Crippen LogP contribution is 2.23. The van der Waals surface area contributed by atoms with Crippen molar-refractivity contribution >= 4 is 5.78 Å². The van der Waals surface area contributed by atoms with Gasteiger partial charge in [0.2, 0.25) is 0 Å².